The van der Waals surface area contributed by atoms with E-state index in [2.05, 4.69) is 31.0 Å². The number of rotatable bonds is 24. The Kier molecular flexibility index (Phi) is 42.2. The van der Waals surface area contributed by atoms with E-state index in [1.54, 1.807) is 78.9 Å². The van der Waals surface area contributed by atoms with E-state index in [1.807, 2.05) is 0 Å². The molecule has 0 aliphatic heterocycles. The van der Waals surface area contributed by atoms with E-state index in [9.17, 15) is 46.7 Å². The molecule has 0 radical (unpaired) electrons. The minimum atomic E-state index is -1.02. The van der Waals surface area contributed by atoms with Crippen molar-refractivity contribution in [3.8, 4) is 0 Å². The van der Waals surface area contributed by atoms with Crippen molar-refractivity contribution >= 4 is 116 Å². The van der Waals surface area contributed by atoms with Crippen LogP contribution in [0.1, 0.15) is 111 Å². The first kappa shape index (κ1) is 87.2. The molecule has 10 rings (SSSR count). The molecule has 0 bridgehead atoms. The molecule has 2 aromatic heterocycles. The van der Waals surface area contributed by atoms with Crippen molar-refractivity contribution in [2.24, 2.45) is 35.0 Å². The number of nitrogens with zero attached hydrogens (tertiary/aromatic N) is 5. The van der Waals surface area contributed by atoms with Crippen molar-refractivity contribution in [1.29, 1.82) is 0 Å². The van der Waals surface area contributed by atoms with Crippen LogP contribution in [0.25, 0.3) is 21.8 Å². The zero-order valence-corrected chi connectivity index (χ0v) is 61.9. The molecule has 0 atom stereocenters. The van der Waals surface area contributed by atoms with E-state index in [0.29, 0.717) is 51.8 Å². The molecule has 31 heteroatoms. The minimum Gasteiger partial charge on any atom is -1.00 e. The quantitative estimate of drug-likeness (QED) is 0.0150. The Morgan fingerprint density at radius 3 is 1.48 bits per heavy atom. The molecule has 7 aromatic rings. The molecule has 3 aliphatic rings. The fourth-order valence-corrected chi connectivity index (χ4v) is 10.1. The van der Waals surface area contributed by atoms with Crippen LogP contribution < -0.4 is 141 Å². The van der Waals surface area contributed by atoms with E-state index in [1.165, 1.54) is 77.1 Å². The number of aliphatic carboxylic acids is 1. The molecule has 10 N–H and O–H groups in total. The maximum Gasteiger partial charge on any atom is 1.00 e. The normalized spacial score (nSPS) is 12.7. The number of carbonyl (C=O) groups is 8. The number of carbonyl (C=O) groups excluding carboxylic acids is 7. The molecule has 510 valence electrons. The molecule has 0 spiro atoms. The van der Waals surface area contributed by atoms with Gasteiger partial charge in [-0.05, 0) is 112 Å². The summed E-state index contributed by atoms with van der Waals surface area (Å²) in [6, 6.07) is 28.0. The molecular formula is C65H78Cl4F3K2N11O11. The van der Waals surface area contributed by atoms with Crippen LogP contribution in [0.4, 0.5) is 13.2 Å². The molecule has 5 aromatic carbocycles. The van der Waals surface area contributed by atoms with Crippen LogP contribution in [-0.4, -0.2) is 116 Å². The number of halogens is 7. The molecular weight excluding hydrogens is 1390 g/mol. The van der Waals surface area contributed by atoms with E-state index in [-0.39, 0.29) is 219 Å². The number of fused-ring (bicyclic) bond motifs is 2. The van der Waals surface area contributed by atoms with Gasteiger partial charge in [0.2, 0.25) is 17.7 Å². The summed E-state index contributed by atoms with van der Waals surface area (Å²) in [5.74, 6) is -2.87. The topological polar surface area (TPSA) is 342 Å². The smallest absolute Gasteiger partial charge is 1.00 e. The Morgan fingerprint density at radius 2 is 1.08 bits per heavy atom. The number of primary amides is 2. The maximum atomic E-state index is 14.1. The van der Waals surface area contributed by atoms with Crippen LogP contribution in [0.2, 0.25) is 15.1 Å². The van der Waals surface area contributed by atoms with Gasteiger partial charge in [-0.3, -0.25) is 47.7 Å². The third-order valence-electron chi connectivity index (χ3n) is 15.2. The van der Waals surface area contributed by atoms with Crippen molar-refractivity contribution < 1.29 is 171 Å². The number of carboxylic acids is 1. The van der Waals surface area contributed by atoms with Crippen molar-refractivity contribution in [3.05, 3.63) is 164 Å². The van der Waals surface area contributed by atoms with Crippen molar-refractivity contribution in [1.82, 2.24) is 40.4 Å². The van der Waals surface area contributed by atoms with Gasteiger partial charge >= 0.3 is 109 Å². The molecule has 0 saturated heterocycles. The number of alkyl halides is 1. The summed E-state index contributed by atoms with van der Waals surface area (Å²) in [5, 5.41) is 35.0. The molecule has 0 unspecified atom stereocenters. The van der Waals surface area contributed by atoms with Crippen LogP contribution in [0.15, 0.2) is 103 Å². The fraction of sp³-hybridized carbons (Fsp3) is 0.385. The van der Waals surface area contributed by atoms with Crippen LogP contribution in [0.5, 0.6) is 0 Å². The number of benzene rings is 5. The molecule has 5 amide bonds. The van der Waals surface area contributed by atoms with E-state index >= 15 is 0 Å². The fourth-order valence-electron chi connectivity index (χ4n) is 9.40. The Morgan fingerprint density at radius 1 is 0.656 bits per heavy atom. The van der Waals surface area contributed by atoms with E-state index in [0.717, 1.165) is 44.2 Å². The summed E-state index contributed by atoms with van der Waals surface area (Å²) in [7, 11) is 0. The first-order valence-electron chi connectivity index (χ1n) is 29.6. The van der Waals surface area contributed by atoms with Crippen LogP contribution >= 0.6 is 46.4 Å². The van der Waals surface area contributed by atoms with Crippen LogP contribution in [0, 0.1) is 35.2 Å². The van der Waals surface area contributed by atoms with Crippen molar-refractivity contribution in [3.63, 3.8) is 0 Å². The summed E-state index contributed by atoms with van der Waals surface area (Å²) in [6.07, 6.45) is 11.7. The number of nitrogens with two attached hydrogens (primary N) is 3. The predicted molar refractivity (Wildman–Crippen MR) is 352 cm³/mol. The van der Waals surface area contributed by atoms with Crippen LogP contribution in [-0.2, 0) is 66.3 Å². The van der Waals surface area contributed by atoms with Gasteiger partial charge in [0.15, 0.2) is 11.4 Å². The van der Waals surface area contributed by atoms with Gasteiger partial charge in [-0.1, -0.05) is 134 Å². The van der Waals surface area contributed by atoms with Gasteiger partial charge in [0.25, 0.3) is 18.3 Å². The molecule has 3 aliphatic carbocycles. The first-order chi connectivity index (χ1) is 44.6. The molecule has 3 fully saturated rings. The second-order valence-corrected chi connectivity index (χ2v) is 23.2. The van der Waals surface area contributed by atoms with Crippen molar-refractivity contribution in [2.75, 3.05) is 38.6 Å². The van der Waals surface area contributed by atoms with E-state index < -0.39 is 41.1 Å². The second-order valence-electron chi connectivity index (χ2n) is 21.8. The number of aryl methyl sites for hydroxylation is 1. The van der Waals surface area contributed by atoms with E-state index in [4.69, 9.17) is 78.8 Å². The number of aromatic nitrogens is 4. The second kappa shape index (κ2) is 46.4. The monoisotopic (exact) mass is 1460 g/mol. The van der Waals surface area contributed by atoms with Crippen LogP contribution in [0.3, 0.4) is 0 Å². The number of hydrogen-bond donors (Lipinski definition) is 7. The summed E-state index contributed by atoms with van der Waals surface area (Å²) in [4.78, 5) is 94.6. The molecule has 3 saturated carbocycles. The van der Waals surface area contributed by atoms with Gasteiger partial charge < -0.3 is 54.7 Å². The van der Waals surface area contributed by atoms with Gasteiger partial charge in [0.05, 0.1) is 45.1 Å². The summed E-state index contributed by atoms with van der Waals surface area (Å²) in [5.41, 5.74) is 18.4. The van der Waals surface area contributed by atoms with Gasteiger partial charge in [0, 0.05) is 48.0 Å². The van der Waals surface area contributed by atoms with Gasteiger partial charge in [-0.2, -0.15) is 10.2 Å². The van der Waals surface area contributed by atoms with Gasteiger partial charge in [-0.15, -0.1) is 11.6 Å². The average Bonchev–Trinajstić information content (AvgIpc) is 1.66. The zero-order chi connectivity index (χ0) is 68.0. The summed E-state index contributed by atoms with van der Waals surface area (Å²) >= 11 is 22.4. The van der Waals surface area contributed by atoms with Gasteiger partial charge in [0.1, 0.15) is 36.3 Å². The number of hydrogen-bond acceptors (Lipinski definition) is 14. The number of nitrogens with one attached hydrogen (secondary N) is 3. The maximum absolute atomic E-state index is 14.1. The molecule has 2 heterocycles. The number of Topliss-reactive ketones (excluding diaryl/α,β-unsaturated/α-hetero) is 1. The number of para-hydroxylation sites is 2. The number of ketones is 1. The SMILES string of the molecule is C.NC(=O)c1nn(CC(=O)N(CC(=O)NCc2cccc(Cl)c2F)CC2CCC2)c2ccccc12.NC(=O)c1nn(CC(=O)O)c2ccccc12.NCC1CCC1.O=C(CCl)CCc1cccc(Cl)c1F.O=C(CNCC1CCC1)NCc1cccc(Cl)c1F.O=CO[O-].[H-].[K+].[K+]. The minimum absolute atomic E-state index is 0. The molecule has 22 nitrogen and oxygen atoms in total. The summed E-state index contributed by atoms with van der Waals surface area (Å²) in [6.45, 7) is 1.86. The summed E-state index contributed by atoms with van der Waals surface area (Å²) < 4.78 is 43.6. The third-order valence-corrected chi connectivity index (χ3v) is 16.3. The number of carboxylic acid groups (broad SMARTS) is 1. The third kappa shape index (κ3) is 28.7. The largest absolute Gasteiger partial charge is 1.00 e. The predicted octanol–water partition coefficient (Wildman–Crippen LogP) is 2.73. The average molecular weight is 1470 g/mol. The first-order valence-corrected chi connectivity index (χ1v) is 31.3. The Balaban J connectivity index is 0.000000640. The van der Waals surface area contributed by atoms with Crippen molar-refractivity contribution in [2.45, 2.75) is 104 Å². The Hall–Kier alpha value is -4.90. The number of amides is 5. The Labute approximate surface area is 661 Å². The zero-order valence-electron chi connectivity index (χ0n) is 53.6. The van der Waals surface area contributed by atoms with Gasteiger partial charge in [-0.25, -0.2) is 13.2 Å². The molecule has 96 heavy (non-hydrogen) atoms. The Bertz CT molecular complexity index is 3680. The standard InChI is InChI=1S/C24H25ClFN5O3.C14H18ClFN2O.C10H9Cl2FO.C10H9N3O3.C5H11N.CH2O3.CH4.2K.H/c25-18-9-4-7-16(22(18)26)11-28-20(32)13-30(12-15-5-3-6-15)21(33)14-31-19-10-2-1-8-17(19)23(29-31)24(27)34;15-12-6-2-5-11(14(12)16)8-18-13(19)9-17-7-10-3-1-4-10;11-6-8(14)5-4-7-2-1-3-9(12)10(7)13;11-10(16)9-6-3-1-2-4-7(6)13(12-9)5-8(14)15;6-4-5-2-1-3-5;2-1-4-3;;;;/h1-2,4,7-10,15H,3,5-6,11-14H2,(H2,27,34)(H,28,32);2,5-6,10,17H,1,3-4,7-9H2,(H,18,19);1-3H,4-6H2;1-4H,5H2,(H2,11,16)(H,14,15);5H,1-4,6H2;1,3H;1H4;;;/q;;;;;;;2*+1;-1/p-1.